The van der Waals surface area contributed by atoms with Gasteiger partial charge in [-0.1, -0.05) is 239 Å². The van der Waals surface area contributed by atoms with Crippen molar-refractivity contribution in [2.24, 2.45) is 50.9 Å². The first-order valence-electron chi connectivity index (χ1n) is 36.9. The number of hydrogen-bond donors (Lipinski definition) is 0. The van der Waals surface area contributed by atoms with Crippen LogP contribution in [0.2, 0.25) is 0 Å². The average Bonchev–Trinajstić information content (AvgIpc) is 0.787. The van der Waals surface area contributed by atoms with E-state index in [-0.39, 0.29) is 5.92 Å². The smallest absolute Gasteiger partial charge is 0.201 e. The second-order valence-electron chi connectivity index (χ2n) is 29.5. The van der Waals surface area contributed by atoms with Crippen molar-refractivity contribution < 1.29 is 23.8 Å². The first-order chi connectivity index (χ1) is 48.3. The van der Waals surface area contributed by atoms with Gasteiger partial charge in [0.25, 0.3) is 0 Å². The Balaban J connectivity index is 0.000000158. The van der Waals surface area contributed by atoms with Crippen molar-refractivity contribution in [3.8, 4) is 89.5 Å². The van der Waals surface area contributed by atoms with E-state index in [9.17, 15) is 0 Å². The van der Waals surface area contributed by atoms with Crippen molar-refractivity contribution in [3.63, 3.8) is 0 Å². The van der Waals surface area contributed by atoms with E-state index in [0.717, 1.165) is 51.9 Å². The summed E-state index contributed by atoms with van der Waals surface area (Å²) in [4.78, 5) is 0. The van der Waals surface area contributed by atoms with Crippen LogP contribution in [0.25, 0.3) is 89.5 Å². The second-order valence-corrected chi connectivity index (χ2v) is 29.5. The lowest BCUT2D eigenvalue weighted by molar-refractivity contribution is -0.660. The highest BCUT2D eigenvalue weighted by Gasteiger charge is 2.20. The molecular formula is C94H108N4+4. The summed E-state index contributed by atoms with van der Waals surface area (Å²) in [7, 11) is 8.34. The average molecular weight is 1300 g/mol. The highest BCUT2D eigenvalue weighted by molar-refractivity contribution is 5.74. The van der Waals surface area contributed by atoms with Gasteiger partial charge in [-0.3, -0.25) is 0 Å². The van der Waals surface area contributed by atoms with Crippen LogP contribution in [-0.4, -0.2) is 0 Å². The Morgan fingerprint density at radius 3 is 0.918 bits per heavy atom. The minimum Gasteiger partial charge on any atom is -0.201 e. The normalized spacial score (nSPS) is 12.2. The number of nitrogens with zero attached hydrogens (tertiary/aromatic N) is 4. The van der Waals surface area contributed by atoms with E-state index >= 15 is 0 Å². The number of aromatic nitrogens is 4. The van der Waals surface area contributed by atoms with Gasteiger partial charge >= 0.3 is 0 Å². The SMILES string of the molecule is Cc1ccccc1-c1cc(-c2ccc(CC(C)(C)C)cc2)cc[n+]1C.Cc1ccccc1-c1cc(-c2cccc(CC(C)C)c2)cc[n+]1C.[2H]C([2H])(c1ccc(-c2cc[n+](C)c(-c3ccccc3C)c2)cc1)C(C)(C)C.[2H]C([2H])(c1cccc(-c2cc[n+](C)c(-c3ccccc3C)c2)c1)C(C)C. The van der Waals surface area contributed by atoms with Gasteiger partial charge in [0, 0.05) is 76.3 Å². The molecule has 4 heterocycles. The maximum absolute atomic E-state index is 8.46. The first kappa shape index (κ1) is 67.0. The van der Waals surface area contributed by atoms with Crippen molar-refractivity contribution in [2.75, 3.05) is 0 Å². The molecule has 12 rings (SSSR count). The lowest BCUT2D eigenvalue weighted by atomic mass is 9.87. The number of benzene rings is 8. The first-order valence-corrected chi connectivity index (χ1v) is 34.9. The molecule has 12 aromatic rings. The van der Waals surface area contributed by atoms with Crippen molar-refractivity contribution in [3.05, 3.63) is 312 Å². The van der Waals surface area contributed by atoms with Crippen LogP contribution >= 0.6 is 0 Å². The molecule has 0 aliphatic carbocycles. The van der Waals surface area contributed by atoms with Gasteiger partial charge in [-0.05, 0) is 189 Å². The number of aryl methyl sites for hydroxylation is 8. The Bertz CT molecular complexity index is 4820. The van der Waals surface area contributed by atoms with Crippen LogP contribution in [0.3, 0.4) is 0 Å². The Morgan fingerprint density at radius 2 is 0.602 bits per heavy atom. The zero-order valence-electron chi connectivity index (χ0n) is 65.8. The molecule has 4 nitrogen and oxygen atoms in total. The summed E-state index contributed by atoms with van der Waals surface area (Å²) in [5.41, 5.74) is 28.5. The molecule has 0 spiro atoms. The molecule has 8 aromatic carbocycles. The highest BCUT2D eigenvalue weighted by atomic mass is 14.9. The van der Waals surface area contributed by atoms with Gasteiger partial charge in [-0.15, -0.1) is 0 Å². The molecule has 500 valence electrons. The minimum absolute atomic E-state index is 0.0751. The van der Waals surface area contributed by atoms with Crippen LogP contribution in [0.4, 0.5) is 0 Å². The van der Waals surface area contributed by atoms with Crippen LogP contribution in [0.1, 0.15) is 119 Å². The van der Waals surface area contributed by atoms with Crippen LogP contribution in [-0.2, 0) is 53.8 Å². The third-order valence-electron chi connectivity index (χ3n) is 17.6. The van der Waals surface area contributed by atoms with E-state index in [1.807, 2.05) is 77.1 Å². The maximum atomic E-state index is 8.46. The summed E-state index contributed by atoms with van der Waals surface area (Å²) in [5.74, 6) is 0.602. The molecular weight excluding hydrogens is 1190 g/mol. The summed E-state index contributed by atoms with van der Waals surface area (Å²) in [6.07, 6.45) is 7.98. The van der Waals surface area contributed by atoms with E-state index in [1.165, 1.54) is 95.0 Å². The summed E-state index contributed by atoms with van der Waals surface area (Å²) in [5, 5.41) is 0. The second kappa shape index (κ2) is 33.1. The Hall–Kier alpha value is -9.64. The van der Waals surface area contributed by atoms with Crippen LogP contribution in [0.15, 0.2) is 267 Å². The lowest BCUT2D eigenvalue weighted by Gasteiger charge is -2.18. The van der Waals surface area contributed by atoms with E-state index < -0.39 is 18.2 Å². The Kier molecular flexibility index (Phi) is 22.6. The standard InChI is InChI=1S/2C24H28N.2C23H26N/c2*1-18-8-6-7-9-22(18)23-16-21(14-15-25(23)5)20-12-10-19(11-13-20)17-24(2,3)4;2*1-17(2)14-19-9-7-10-20(15-19)21-12-13-24(4)23(16-21)22-11-6-5-8-18(22)3/h2*6-16H,17H2,1-5H3;2*5-13,15-17H,14H2,1-4H3/q4*+1/i17D2;;14D2;. The third kappa shape index (κ3) is 20.2. The molecule has 4 aromatic heterocycles. The molecule has 0 unspecified atom stereocenters. The Labute approximate surface area is 595 Å². The van der Waals surface area contributed by atoms with Gasteiger partial charge in [0.05, 0.1) is 0 Å². The quantitative estimate of drug-likeness (QED) is 0.0965. The zero-order chi connectivity index (χ0) is 73.8. The summed E-state index contributed by atoms with van der Waals surface area (Å²) in [6, 6.07) is 85.2. The summed E-state index contributed by atoms with van der Waals surface area (Å²) in [6.45, 7) is 29.6. The van der Waals surface area contributed by atoms with Crippen molar-refractivity contribution in [1.82, 2.24) is 0 Å². The number of hydrogen-bond acceptors (Lipinski definition) is 0. The van der Waals surface area contributed by atoms with Gasteiger partial charge in [0.15, 0.2) is 24.8 Å². The molecule has 0 atom stereocenters. The van der Waals surface area contributed by atoms with Crippen molar-refractivity contribution in [2.45, 2.75) is 123 Å². The fraction of sp³-hybridized carbons (Fsp3) is 0.277. The highest BCUT2D eigenvalue weighted by Crippen LogP contribution is 2.33. The molecule has 0 fully saturated rings. The van der Waals surface area contributed by atoms with Gasteiger partial charge in [0.1, 0.15) is 28.2 Å². The number of pyridine rings is 4. The third-order valence-corrected chi connectivity index (χ3v) is 17.6. The van der Waals surface area contributed by atoms with E-state index in [1.54, 1.807) is 0 Å². The molecule has 0 N–H and O–H groups in total. The van der Waals surface area contributed by atoms with Crippen molar-refractivity contribution >= 4 is 0 Å². The largest absolute Gasteiger partial charge is 0.213 e. The molecule has 98 heavy (non-hydrogen) atoms. The van der Waals surface area contributed by atoms with E-state index in [4.69, 9.17) is 5.48 Å². The molecule has 4 heteroatoms. The molecule has 0 saturated carbocycles. The minimum atomic E-state index is -1.37. The fourth-order valence-electron chi connectivity index (χ4n) is 12.6. The summed E-state index contributed by atoms with van der Waals surface area (Å²) < 4.78 is 42.3. The van der Waals surface area contributed by atoms with E-state index in [0.29, 0.717) is 11.3 Å². The summed E-state index contributed by atoms with van der Waals surface area (Å²) >= 11 is 0. The predicted molar refractivity (Wildman–Crippen MR) is 416 cm³/mol. The Morgan fingerprint density at radius 1 is 0.296 bits per heavy atom. The maximum Gasteiger partial charge on any atom is 0.213 e. The van der Waals surface area contributed by atoms with E-state index in [2.05, 4.69) is 334 Å². The van der Waals surface area contributed by atoms with Crippen molar-refractivity contribution in [1.29, 1.82) is 0 Å². The number of rotatable bonds is 14. The van der Waals surface area contributed by atoms with Gasteiger partial charge < -0.3 is 0 Å². The molecule has 0 radical (unpaired) electrons. The topological polar surface area (TPSA) is 15.5 Å². The molecule has 0 amide bonds. The molecule has 0 bridgehead atoms. The predicted octanol–water partition coefficient (Wildman–Crippen LogP) is 22.2. The fourth-order valence-corrected chi connectivity index (χ4v) is 12.6. The van der Waals surface area contributed by atoms with Crippen LogP contribution in [0, 0.1) is 50.4 Å². The molecule has 0 saturated heterocycles. The van der Waals surface area contributed by atoms with Gasteiger partial charge in [-0.25, -0.2) is 18.3 Å². The molecule has 0 aliphatic heterocycles. The van der Waals surface area contributed by atoms with Crippen LogP contribution in [0.5, 0.6) is 0 Å². The van der Waals surface area contributed by atoms with Crippen LogP contribution < -0.4 is 18.3 Å². The van der Waals surface area contributed by atoms with Gasteiger partial charge in [-0.2, -0.15) is 0 Å². The lowest BCUT2D eigenvalue weighted by Crippen LogP contribution is -2.30. The zero-order valence-corrected chi connectivity index (χ0v) is 61.8. The monoisotopic (exact) mass is 1300 g/mol. The molecule has 0 aliphatic rings. The van der Waals surface area contributed by atoms with Gasteiger partial charge in [0.2, 0.25) is 22.8 Å².